The number of nitrogens with one attached hydrogen (secondary N) is 1. The quantitative estimate of drug-likeness (QED) is 0.0217. The van der Waals surface area contributed by atoms with Gasteiger partial charge in [-0.15, -0.1) is 0 Å². The highest BCUT2D eigenvalue weighted by Gasteiger charge is 2.42. The summed E-state index contributed by atoms with van der Waals surface area (Å²) in [4.78, 5) is 140. The van der Waals surface area contributed by atoms with Crippen molar-refractivity contribution in [3.05, 3.63) is 143 Å². The van der Waals surface area contributed by atoms with Gasteiger partial charge in [0.15, 0.2) is 11.2 Å². The average Bonchev–Trinajstić information content (AvgIpc) is 1.15. The van der Waals surface area contributed by atoms with Crippen LogP contribution in [-0.2, 0) is 73.7 Å². The Kier molecular flexibility index (Phi) is 31.2. The predicted molar refractivity (Wildman–Crippen MR) is 475 cm³/mol. The van der Waals surface area contributed by atoms with Gasteiger partial charge in [-0.25, -0.2) is 44.2 Å². The number of ether oxygens (including phenoxy) is 5. The highest BCUT2D eigenvalue weighted by molar-refractivity contribution is 6.38. The molecule has 1 saturated carbocycles. The SMILES string of the molecule is CO[C@H]1CC2CCCC(O2)C(=O)C(=O)N2CCCC[C@H]2C(=O)O[C@H](CC[C@H]2CC[C@H](OC(=O)NCc3cnc(N4CCN(C(=O)CCOCCN5CCN(c6ncc(C(=O)N7CCc8cc(Cn9nc(-c%10ccc%11oc(N)nc%11c%10)c%10c(N)ncnc%109)ccc8C7)cn6)CC5)CC4)nc3)CC2)C[C@H](N)[C@H](C)/C=C(\C)[C@@H](O)CC(=O)[C@H](C)C[C@H](C)/C=C/C=C/C=C/1C. The molecule has 0 spiro atoms. The van der Waals surface area contributed by atoms with Crippen molar-refractivity contribution in [1.29, 1.82) is 0 Å². The van der Waals surface area contributed by atoms with Crippen molar-refractivity contribution >= 4 is 87.2 Å². The van der Waals surface area contributed by atoms with E-state index < -0.39 is 54.1 Å². The number of piperidine rings is 1. The van der Waals surface area contributed by atoms with Crippen molar-refractivity contribution < 1.29 is 66.8 Å². The third-order valence-electron chi connectivity index (χ3n) is 26.1. The van der Waals surface area contributed by atoms with E-state index in [9.17, 15) is 38.7 Å². The van der Waals surface area contributed by atoms with Gasteiger partial charge in [-0.2, -0.15) is 10.1 Å². The molecule has 11 heterocycles. The Labute approximate surface area is 735 Å². The van der Waals surface area contributed by atoms with Crippen molar-refractivity contribution in [2.75, 3.05) is 114 Å². The van der Waals surface area contributed by atoms with E-state index in [2.05, 4.69) is 81.2 Å². The lowest BCUT2D eigenvalue weighted by atomic mass is 9.83. The lowest BCUT2D eigenvalue weighted by molar-refractivity contribution is -0.167. The van der Waals surface area contributed by atoms with Gasteiger partial charge in [0, 0.05) is 159 Å². The molecular formula is C93H123N19O14. The third kappa shape index (κ3) is 23.6. The molecule has 10 atom stereocenters. The number of nitrogen functional groups attached to an aromatic ring is 2. The van der Waals surface area contributed by atoms with Crippen LogP contribution in [0.1, 0.15) is 176 Å². The van der Waals surface area contributed by atoms with Crippen LogP contribution in [0, 0.1) is 23.7 Å². The molecule has 7 aliphatic rings. The van der Waals surface area contributed by atoms with Gasteiger partial charge in [0.25, 0.3) is 17.8 Å². The number of benzene rings is 2. The van der Waals surface area contributed by atoms with Crippen LogP contribution < -0.4 is 32.3 Å². The van der Waals surface area contributed by atoms with Gasteiger partial charge >= 0.3 is 12.1 Å². The molecule has 2 unspecified atom stereocenters. The number of methoxy groups -OCH3 is 1. The number of hydrogen-bond acceptors (Lipinski definition) is 28. The van der Waals surface area contributed by atoms with Gasteiger partial charge < -0.3 is 80.2 Å². The molecule has 8 N–H and O–H groups in total. The number of esters is 1. The summed E-state index contributed by atoms with van der Waals surface area (Å²) < 4.78 is 37.9. The summed E-state index contributed by atoms with van der Waals surface area (Å²) in [6, 6.07) is 10.5. The molecule has 33 heteroatoms. The normalized spacial score (nSPS) is 26.6. The molecule has 7 aromatic rings. The fraction of sp³-hybridized carbons (Fsp3) is 0.559. The van der Waals surface area contributed by atoms with Crippen LogP contribution in [0.4, 0.5) is 28.5 Å². The minimum atomic E-state index is -0.996. The highest BCUT2D eigenvalue weighted by atomic mass is 16.6. The first-order valence-electron chi connectivity index (χ1n) is 45.0. The summed E-state index contributed by atoms with van der Waals surface area (Å²) in [5, 5.41) is 19.8. The highest BCUT2D eigenvalue weighted by Crippen LogP contribution is 2.37. The van der Waals surface area contributed by atoms with E-state index in [0.717, 1.165) is 67.8 Å². The van der Waals surface area contributed by atoms with E-state index in [1.54, 1.807) is 44.9 Å². The molecule has 33 nitrogen and oxygen atoms in total. The number of cyclic esters (lactones) is 1. The second-order valence-electron chi connectivity index (χ2n) is 35.2. The van der Waals surface area contributed by atoms with Gasteiger partial charge in [-0.1, -0.05) is 75.4 Å². The summed E-state index contributed by atoms with van der Waals surface area (Å²) in [6.07, 6.45) is 25.7. The number of carbonyl (C=O) groups excluding carboxylic acids is 7. The number of ketones is 2. The van der Waals surface area contributed by atoms with Crippen molar-refractivity contribution in [1.82, 2.24) is 69.6 Å². The number of aliphatic hydroxyl groups is 1. The zero-order valence-corrected chi connectivity index (χ0v) is 73.5. The second-order valence-corrected chi connectivity index (χ2v) is 35.2. The summed E-state index contributed by atoms with van der Waals surface area (Å²) in [7, 11) is 1.65. The van der Waals surface area contributed by atoms with E-state index >= 15 is 0 Å². The second kappa shape index (κ2) is 43.0. The third-order valence-corrected chi connectivity index (χ3v) is 26.1. The van der Waals surface area contributed by atoms with Crippen molar-refractivity contribution in [3.8, 4) is 11.3 Å². The van der Waals surface area contributed by atoms with Gasteiger partial charge in [0.05, 0.1) is 55.4 Å². The van der Waals surface area contributed by atoms with Crippen LogP contribution in [0.25, 0.3) is 33.4 Å². The van der Waals surface area contributed by atoms with Gasteiger partial charge in [0.1, 0.15) is 53.5 Å². The molecular weight excluding hydrogens is 1610 g/mol. The summed E-state index contributed by atoms with van der Waals surface area (Å²) in [6.45, 7) is 18.3. The number of hydrogen-bond donors (Lipinski definition) is 5. The van der Waals surface area contributed by atoms with Gasteiger partial charge in [-0.05, 0) is 168 Å². The Morgan fingerprint density at radius 1 is 0.722 bits per heavy atom. The molecule has 5 fully saturated rings. The summed E-state index contributed by atoms with van der Waals surface area (Å²) in [5.41, 5.74) is 28.4. The number of Topliss-reactive ketones (excluding diaryl/α,β-unsaturated/α-hetero) is 2. The van der Waals surface area contributed by atoms with Crippen molar-refractivity contribution in [2.45, 2.75) is 219 Å². The Hall–Kier alpha value is -11.0. The van der Waals surface area contributed by atoms with Crippen LogP contribution in [-0.4, -0.2) is 252 Å². The van der Waals surface area contributed by atoms with Crippen LogP contribution in [0.3, 0.4) is 0 Å². The molecule has 14 rings (SSSR count). The molecule has 4 amide bonds. The number of amides is 4. The maximum absolute atomic E-state index is 14.6. The van der Waals surface area contributed by atoms with Crippen LogP contribution >= 0.6 is 0 Å². The number of nitrogens with two attached hydrogens (primary N) is 3. The Morgan fingerprint density at radius 2 is 1.48 bits per heavy atom. The number of aromatic nitrogens is 9. The number of rotatable bonds is 19. The molecule has 0 radical (unpaired) electrons. The first-order chi connectivity index (χ1) is 60.9. The first kappa shape index (κ1) is 91.2. The number of anilines is 4. The Morgan fingerprint density at radius 3 is 2.24 bits per heavy atom. The number of alkyl carbamates (subject to hydrolysis) is 1. The lowest BCUT2D eigenvalue weighted by Crippen LogP contribution is -2.54. The fourth-order valence-electron chi connectivity index (χ4n) is 18.4. The molecule has 2 aromatic carbocycles. The monoisotopic (exact) mass is 1730 g/mol. The number of allylic oxidation sites excluding steroid dienone is 5. The minimum Gasteiger partial charge on any atom is -0.461 e. The number of aliphatic hydroxyl groups excluding tert-OH is 1. The van der Waals surface area contributed by atoms with Crippen LogP contribution in [0.5, 0.6) is 0 Å². The lowest BCUT2D eigenvalue weighted by Gasteiger charge is -2.37. The zero-order chi connectivity index (χ0) is 88.5. The molecule has 2 bridgehead atoms. The van der Waals surface area contributed by atoms with E-state index in [0.29, 0.717) is 205 Å². The predicted octanol–water partition coefficient (Wildman–Crippen LogP) is 9.63. The standard InChI is InChI=1S/C93H123N19O14/c1-58-13-8-7-9-14-59(2)80(121-6)48-71-15-12-17-79(123-71)84(116)88(118)111-30-11-10-16-75(111)89(119)124-72(47-73(94)60(3)44-62(5)77(114)49-76(113)61(4)43-58)26-21-63-19-24-70(25-20-63)125-93(120)101-52-65-50-97-91(98-51-65)109-38-36-107(37-39-109)81(115)29-41-122-42-40-106-32-34-108(35-33-106)92-99-53-69(54-100-92)87(117)110-31-28-66-45-64(18-22-68(66)56-110)55-112-86-82(85(95)102-57-103-86)83(105-112)67-23-27-78-74(46-67)104-90(96)126-78/h7-9,13-14,18,22-23,27,44-46,50-51,53-54,57-58,60-61,63,70-73,75,77,79-80,114H,10-12,15-17,19-21,24-26,28-43,47-49,52,55-56,94H2,1-6H3,(H2,96,104)(H,101,120)(H2,95,102,103)/b9-7+,13-8+,59-14+,62-44+/t58-,60-,61-,63-,70-,71?,72-,73+,75+,77+,79?,80+/m1/s1. The van der Waals surface area contributed by atoms with Crippen molar-refractivity contribution in [2.24, 2.45) is 29.4 Å². The van der Waals surface area contributed by atoms with E-state index in [1.165, 1.54) is 16.8 Å². The maximum atomic E-state index is 14.6. The smallest absolute Gasteiger partial charge is 0.407 e. The van der Waals surface area contributed by atoms with Gasteiger partial charge in [0.2, 0.25) is 23.6 Å². The van der Waals surface area contributed by atoms with Crippen molar-refractivity contribution in [3.63, 3.8) is 0 Å². The molecule has 4 saturated heterocycles. The molecule has 126 heavy (non-hydrogen) atoms. The summed E-state index contributed by atoms with van der Waals surface area (Å²) in [5.74, 6) is -0.835. The minimum absolute atomic E-state index is 0.0250. The van der Waals surface area contributed by atoms with Gasteiger partial charge in [-0.3, -0.25) is 28.9 Å². The number of carbonyl (C=O) groups is 7. The van der Waals surface area contributed by atoms with Crippen LogP contribution in [0.2, 0.25) is 0 Å². The molecule has 6 aliphatic heterocycles. The number of piperazine rings is 2. The first-order valence-corrected chi connectivity index (χ1v) is 45.0. The van der Waals surface area contributed by atoms with E-state index in [4.69, 9.17) is 50.4 Å². The maximum Gasteiger partial charge on any atom is 0.407 e. The number of fused-ring (bicyclic) bond motifs is 6. The largest absolute Gasteiger partial charge is 0.461 e. The number of oxazole rings is 1. The average molecular weight is 1730 g/mol. The van der Waals surface area contributed by atoms with E-state index in [1.807, 2.05) is 82.7 Å². The topological polar surface area (TPSA) is 417 Å². The number of nitrogens with zero attached hydrogens (tertiary/aromatic N) is 15. The summed E-state index contributed by atoms with van der Waals surface area (Å²) >= 11 is 0. The van der Waals surface area contributed by atoms with Crippen LogP contribution in [0.15, 0.2) is 120 Å². The Balaban J connectivity index is 0.474. The molecule has 674 valence electrons. The fourth-order valence-corrected chi connectivity index (χ4v) is 18.4. The van der Waals surface area contributed by atoms with E-state index in [-0.39, 0.29) is 97.9 Å². The zero-order valence-electron chi connectivity index (χ0n) is 73.5. The molecule has 5 aromatic heterocycles. The Bertz CT molecular complexity index is 5070. The molecule has 1 aliphatic carbocycles.